The standard InChI is InChI=1S/C22H17N3O3/c26-14-20-23-12-11-21(25-20)28-17-9-10-18-15(13-17)5-4-8-19(18)22(27)24-16-6-2-1-3-7-16/h1-13,26H,14H2,(H,24,27). The number of carbonyl (C=O) groups excluding carboxylic acids is 1. The summed E-state index contributed by atoms with van der Waals surface area (Å²) in [5.41, 5.74) is 1.32. The predicted molar refractivity (Wildman–Crippen MR) is 106 cm³/mol. The molecule has 0 unspecified atom stereocenters. The molecule has 1 amide bonds. The number of aliphatic hydroxyl groups is 1. The maximum atomic E-state index is 12.7. The molecule has 0 spiro atoms. The van der Waals surface area contributed by atoms with Crippen LogP contribution in [0, 0.1) is 0 Å². The van der Waals surface area contributed by atoms with Crippen LogP contribution >= 0.6 is 0 Å². The normalized spacial score (nSPS) is 10.6. The number of carbonyl (C=O) groups is 1. The first-order valence-electron chi connectivity index (χ1n) is 8.73. The molecule has 1 heterocycles. The third-order valence-corrected chi connectivity index (χ3v) is 4.17. The Bertz CT molecular complexity index is 1130. The molecular formula is C22H17N3O3. The Balaban J connectivity index is 1.61. The van der Waals surface area contributed by atoms with Gasteiger partial charge in [-0.1, -0.05) is 30.3 Å². The zero-order valence-corrected chi connectivity index (χ0v) is 14.9. The molecule has 0 bridgehead atoms. The number of nitrogens with one attached hydrogen (secondary N) is 1. The van der Waals surface area contributed by atoms with Gasteiger partial charge >= 0.3 is 0 Å². The first-order chi connectivity index (χ1) is 13.7. The van der Waals surface area contributed by atoms with Crippen molar-refractivity contribution in [3.05, 3.63) is 90.4 Å². The summed E-state index contributed by atoms with van der Waals surface area (Å²) in [6.07, 6.45) is 1.53. The minimum Gasteiger partial charge on any atom is -0.439 e. The van der Waals surface area contributed by atoms with E-state index in [1.165, 1.54) is 6.20 Å². The van der Waals surface area contributed by atoms with Crippen LogP contribution in [0.15, 0.2) is 79.0 Å². The fourth-order valence-electron chi connectivity index (χ4n) is 2.88. The van der Waals surface area contributed by atoms with E-state index in [9.17, 15) is 4.79 Å². The number of hydrogen-bond acceptors (Lipinski definition) is 5. The molecule has 1 aromatic heterocycles. The van der Waals surface area contributed by atoms with Crippen LogP contribution in [0.5, 0.6) is 11.6 Å². The lowest BCUT2D eigenvalue weighted by molar-refractivity contribution is 0.102. The van der Waals surface area contributed by atoms with Crippen LogP contribution in [-0.2, 0) is 6.61 Å². The van der Waals surface area contributed by atoms with Crippen molar-refractivity contribution in [2.75, 3.05) is 5.32 Å². The average molecular weight is 371 g/mol. The van der Waals surface area contributed by atoms with Crippen molar-refractivity contribution in [2.24, 2.45) is 0 Å². The Hall–Kier alpha value is -3.77. The second-order valence-corrected chi connectivity index (χ2v) is 6.08. The number of hydrogen-bond donors (Lipinski definition) is 2. The van der Waals surface area contributed by atoms with Gasteiger partial charge in [0.15, 0.2) is 5.82 Å². The highest BCUT2D eigenvalue weighted by molar-refractivity contribution is 6.13. The number of rotatable bonds is 5. The van der Waals surface area contributed by atoms with Crippen LogP contribution in [0.2, 0.25) is 0 Å². The molecule has 0 aliphatic carbocycles. The number of anilines is 1. The number of nitrogens with zero attached hydrogens (tertiary/aromatic N) is 2. The maximum absolute atomic E-state index is 12.7. The summed E-state index contributed by atoms with van der Waals surface area (Å²) in [6.45, 7) is -0.255. The average Bonchev–Trinajstić information content (AvgIpc) is 2.74. The van der Waals surface area contributed by atoms with Gasteiger partial charge in [0.2, 0.25) is 5.88 Å². The van der Waals surface area contributed by atoms with Crippen molar-refractivity contribution in [3.8, 4) is 11.6 Å². The van der Waals surface area contributed by atoms with Crippen molar-refractivity contribution in [2.45, 2.75) is 6.61 Å². The predicted octanol–water partition coefficient (Wildman–Crippen LogP) is 4.17. The van der Waals surface area contributed by atoms with Crippen molar-refractivity contribution in [3.63, 3.8) is 0 Å². The summed E-state index contributed by atoms with van der Waals surface area (Å²) in [5, 5.41) is 13.7. The number of fused-ring (bicyclic) bond motifs is 1. The van der Waals surface area contributed by atoms with Crippen molar-refractivity contribution in [1.82, 2.24) is 9.97 Å². The molecule has 0 aliphatic rings. The summed E-state index contributed by atoms with van der Waals surface area (Å²) in [5.74, 6) is 1.04. The summed E-state index contributed by atoms with van der Waals surface area (Å²) in [7, 11) is 0. The van der Waals surface area contributed by atoms with Crippen LogP contribution in [0.1, 0.15) is 16.2 Å². The second-order valence-electron chi connectivity index (χ2n) is 6.08. The van der Waals surface area contributed by atoms with Gasteiger partial charge in [-0.25, -0.2) is 4.98 Å². The largest absolute Gasteiger partial charge is 0.439 e. The number of aromatic nitrogens is 2. The summed E-state index contributed by atoms with van der Waals surface area (Å²) >= 11 is 0. The van der Waals surface area contributed by atoms with Gasteiger partial charge in [0.05, 0.1) is 0 Å². The van der Waals surface area contributed by atoms with Crippen LogP contribution in [0.4, 0.5) is 5.69 Å². The quantitative estimate of drug-likeness (QED) is 0.550. The number of aliphatic hydroxyl groups excluding tert-OH is 1. The fraction of sp³-hybridized carbons (Fsp3) is 0.0455. The van der Waals surface area contributed by atoms with Gasteiger partial charge in [0, 0.05) is 23.5 Å². The number of benzene rings is 3. The van der Waals surface area contributed by atoms with Crippen LogP contribution in [0.3, 0.4) is 0 Å². The molecule has 0 fully saturated rings. The van der Waals surface area contributed by atoms with Crippen molar-refractivity contribution in [1.29, 1.82) is 0 Å². The number of ether oxygens (including phenoxy) is 1. The molecule has 138 valence electrons. The fourth-order valence-corrected chi connectivity index (χ4v) is 2.88. The van der Waals surface area contributed by atoms with E-state index in [-0.39, 0.29) is 18.3 Å². The molecular weight excluding hydrogens is 354 g/mol. The number of amides is 1. The smallest absolute Gasteiger partial charge is 0.256 e. The number of para-hydroxylation sites is 1. The highest BCUT2D eigenvalue weighted by Crippen LogP contribution is 2.27. The zero-order valence-electron chi connectivity index (χ0n) is 14.9. The molecule has 3 aromatic carbocycles. The van der Waals surface area contributed by atoms with Gasteiger partial charge < -0.3 is 15.2 Å². The molecule has 0 radical (unpaired) electrons. The van der Waals surface area contributed by atoms with Gasteiger partial charge in [0.1, 0.15) is 12.4 Å². The monoisotopic (exact) mass is 371 g/mol. The van der Waals surface area contributed by atoms with Crippen LogP contribution in [-0.4, -0.2) is 21.0 Å². The third kappa shape index (κ3) is 3.82. The van der Waals surface area contributed by atoms with E-state index in [4.69, 9.17) is 9.84 Å². The Kier molecular flexibility index (Phi) is 4.95. The maximum Gasteiger partial charge on any atom is 0.256 e. The molecule has 28 heavy (non-hydrogen) atoms. The van der Waals surface area contributed by atoms with Crippen molar-refractivity contribution < 1.29 is 14.6 Å². The van der Waals surface area contributed by atoms with E-state index in [1.807, 2.05) is 54.6 Å². The summed E-state index contributed by atoms with van der Waals surface area (Å²) in [4.78, 5) is 20.7. The Labute approximate surface area is 161 Å². The Morgan fingerprint density at radius 1 is 1.00 bits per heavy atom. The lowest BCUT2D eigenvalue weighted by Crippen LogP contribution is -2.12. The second kappa shape index (κ2) is 7.85. The van der Waals surface area contributed by atoms with Gasteiger partial charge in [-0.2, -0.15) is 4.98 Å². The molecule has 0 atom stereocenters. The van der Waals surface area contributed by atoms with Gasteiger partial charge in [-0.15, -0.1) is 0 Å². The van der Waals surface area contributed by atoms with Gasteiger partial charge in [-0.05, 0) is 47.2 Å². The third-order valence-electron chi connectivity index (χ3n) is 4.17. The molecule has 0 saturated carbocycles. The molecule has 4 aromatic rings. The lowest BCUT2D eigenvalue weighted by Gasteiger charge is -2.10. The summed E-state index contributed by atoms with van der Waals surface area (Å²) in [6, 6.07) is 22.0. The molecule has 6 nitrogen and oxygen atoms in total. The van der Waals surface area contributed by atoms with Crippen molar-refractivity contribution >= 4 is 22.4 Å². The first kappa shape index (κ1) is 17.6. The molecule has 4 rings (SSSR count). The van der Waals surface area contributed by atoms with Gasteiger partial charge in [0.25, 0.3) is 5.91 Å². The summed E-state index contributed by atoms with van der Waals surface area (Å²) < 4.78 is 5.76. The Morgan fingerprint density at radius 2 is 1.86 bits per heavy atom. The SMILES string of the molecule is O=C(Nc1ccccc1)c1cccc2cc(Oc3ccnc(CO)n3)ccc12. The Morgan fingerprint density at radius 3 is 2.68 bits per heavy atom. The van der Waals surface area contributed by atoms with Gasteiger partial charge in [-0.3, -0.25) is 4.79 Å². The molecule has 0 saturated heterocycles. The minimum absolute atomic E-state index is 0.172. The van der Waals surface area contributed by atoms with E-state index < -0.39 is 0 Å². The molecule has 2 N–H and O–H groups in total. The minimum atomic E-state index is -0.255. The van der Waals surface area contributed by atoms with E-state index in [1.54, 1.807) is 18.2 Å². The van der Waals surface area contributed by atoms with E-state index >= 15 is 0 Å². The zero-order chi connectivity index (χ0) is 19.3. The molecule has 0 aliphatic heterocycles. The van der Waals surface area contributed by atoms with E-state index in [0.29, 0.717) is 17.2 Å². The topological polar surface area (TPSA) is 84.3 Å². The van der Waals surface area contributed by atoms with Crippen LogP contribution < -0.4 is 10.1 Å². The highest BCUT2D eigenvalue weighted by atomic mass is 16.5. The lowest BCUT2D eigenvalue weighted by atomic mass is 10.0. The van der Waals surface area contributed by atoms with Crippen LogP contribution in [0.25, 0.3) is 10.8 Å². The molecule has 6 heteroatoms. The highest BCUT2D eigenvalue weighted by Gasteiger charge is 2.11. The first-order valence-corrected chi connectivity index (χ1v) is 8.73. The van der Waals surface area contributed by atoms with E-state index in [2.05, 4.69) is 15.3 Å². The van der Waals surface area contributed by atoms with E-state index in [0.717, 1.165) is 16.5 Å².